The molecule has 1 saturated heterocycles. The quantitative estimate of drug-likeness (QED) is 0.593. The zero-order valence-electron chi connectivity index (χ0n) is 14.8. The molecule has 0 aromatic carbocycles. The van der Waals surface area contributed by atoms with Gasteiger partial charge in [-0.15, -0.1) is 5.10 Å². The number of nitrogens with one attached hydrogen (secondary N) is 1. The standard InChI is InChI=1S/C17H27N5O3/c1-25-9-8-21-12-14(19-20-21)10-15-16(23)22(17(24)18-15)11-13-6-4-2-3-5-7-13/h12-13,15H,2-11H2,1H3,(H,18,24). The first-order valence-corrected chi connectivity index (χ1v) is 9.17. The molecule has 1 aliphatic heterocycles. The van der Waals surface area contributed by atoms with E-state index in [4.69, 9.17) is 4.74 Å². The average molecular weight is 349 g/mol. The summed E-state index contributed by atoms with van der Waals surface area (Å²) in [7, 11) is 1.63. The highest BCUT2D eigenvalue weighted by molar-refractivity contribution is 6.04. The Morgan fingerprint density at radius 2 is 2.00 bits per heavy atom. The minimum absolute atomic E-state index is 0.138. The van der Waals surface area contributed by atoms with E-state index in [0.29, 0.717) is 37.7 Å². The second-order valence-corrected chi connectivity index (χ2v) is 6.98. The lowest BCUT2D eigenvalue weighted by atomic mass is 10.00. The number of hydrogen-bond acceptors (Lipinski definition) is 5. The second kappa shape index (κ2) is 8.42. The number of methoxy groups -OCH3 is 1. The van der Waals surface area contributed by atoms with Crippen LogP contribution in [0.3, 0.4) is 0 Å². The predicted molar refractivity (Wildman–Crippen MR) is 90.8 cm³/mol. The van der Waals surface area contributed by atoms with Gasteiger partial charge in [-0.05, 0) is 18.8 Å². The molecule has 8 heteroatoms. The van der Waals surface area contributed by atoms with Gasteiger partial charge in [0.2, 0.25) is 0 Å². The lowest BCUT2D eigenvalue weighted by Gasteiger charge is -2.20. The van der Waals surface area contributed by atoms with Gasteiger partial charge < -0.3 is 10.1 Å². The van der Waals surface area contributed by atoms with Gasteiger partial charge in [0, 0.05) is 26.3 Å². The third-order valence-corrected chi connectivity index (χ3v) is 5.05. The van der Waals surface area contributed by atoms with Crippen LogP contribution < -0.4 is 5.32 Å². The molecule has 1 aromatic heterocycles. The Bertz CT molecular complexity index is 595. The van der Waals surface area contributed by atoms with Crippen molar-refractivity contribution < 1.29 is 14.3 Å². The number of carbonyl (C=O) groups excluding carboxylic acids is 2. The smallest absolute Gasteiger partial charge is 0.324 e. The molecule has 8 nitrogen and oxygen atoms in total. The first kappa shape index (κ1) is 17.8. The monoisotopic (exact) mass is 349 g/mol. The van der Waals surface area contributed by atoms with Crippen molar-refractivity contribution in [1.82, 2.24) is 25.2 Å². The van der Waals surface area contributed by atoms with Crippen LogP contribution in [-0.4, -0.2) is 58.1 Å². The molecule has 0 spiro atoms. The summed E-state index contributed by atoms with van der Waals surface area (Å²) >= 11 is 0. The van der Waals surface area contributed by atoms with Gasteiger partial charge in [0.15, 0.2) is 0 Å². The number of urea groups is 1. The summed E-state index contributed by atoms with van der Waals surface area (Å²) in [5.41, 5.74) is 0.700. The average Bonchev–Trinajstić information content (AvgIpc) is 3.02. The molecule has 1 unspecified atom stereocenters. The van der Waals surface area contributed by atoms with Crippen LogP contribution >= 0.6 is 0 Å². The zero-order valence-corrected chi connectivity index (χ0v) is 14.8. The fourth-order valence-electron chi connectivity index (χ4n) is 3.63. The first-order chi connectivity index (χ1) is 12.2. The highest BCUT2D eigenvalue weighted by atomic mass is 16.5. The minimum atomic E-state index is -0.536. The number of aromatic nitrogens is 3. The summed E-state index contributed by atoms with van der Waals surface area (Å²) < 4.78 is 6.69. The molecule has 2 aliphatic rings. The van der Waals surface area contributed by atoms with Crippen LogP contribution in [0.25, 0.3) is 0 Å². The van der Waals surface area contributed by atoms with Gasteiger partial charge in [0.25, 0.3) is 5.91 Å². The Labute approximate surface area is 147 Å². The van der Waals surface area contributed by atoms with Crippen LogP contribution in [0.15, 0.2) is 6.20 Å². The summed E-state index contributed by atoms with van der Waals surface area (Å²) in [4.78, 5) is 26.3. The third kappa shape index (κ3) is 4.56. The lowest BCUT2D eigenvalue weighted by Crippen LogP contribution is -2.36. The number of nitrogens with zero attached hydrogens (tertiary/aromatic N) is 4. The molecule has 3 amide bonds. The van der Waals surface area contributed by atoms with Crippen molar-refractivity contribution in [1.29, 1.82) is 0 Å². The fraction of sp³-hybridized carbons (Fsp3) is 0.765. The Morgan fingerprint density at radius 1 is 1.24 bits per heavy atom. The molecule has 0 bridgehead atoms. The van der Waals surface area contributed by atoms with E-state index in [2.05, 4.69) is 15.6 Å². The number of carbonyl (C=O) groups is 2. The van der Waals surface area contributed by atoms with Gasteiger partial charge in [-0.1, -0.05) is 30.9 Å². The number of rotatable bonds is 7. The number of ether oxygens (including phenoxy) is 1. The highest BCUT2D eigenvalue weighted by Gasteiger charge is 2.39. The van der Waals surface area contributed by atoms with Gasteiger partial charge >= 0.3 is 6.03 Å². The van der Waals surface area contributed by atoms with E-state index in [-0.39, 0.29) is 11.9 Å². The van der Waals surface area contributed by atoms with Crippen LogP contribution in [0.2, 0.25) is 0 Å². The molecule has 1 N–H and O–H groups in total. The molecular formula is C17H27N5O3. The Hall–Kier alpha value is -1.96. The van der Waals surface area contributed by atoms with E-state index in [1.54, 1.807) is 18.0 Å². The molecule has 2 heterocycles. The molecule has 0 radical (unpaired) electrons. The van der Waals surface area contributed by atoms with E-state index in [1.165, 1.54) is 30.6 Å². The molecule has 1 atom stereocenters. The molecule has 25 heavy (non-hydrogen) atoms. The number of hydrogen-bond donors (Lipinski definition) is 1. The van der Waals surface area contributed by atoms with Crippen LogP contribution in [-0.2, 0) is 22.5 Å². The van der Waals surface area contributed by atoms with Gasteiger partial charge in [-0.3, -0.25) is 9.69 Å². The Kier molecular flexibility index (Phi) is 6.01. The maximum Gasteiger partial charge on any atom is 0.324 e. The Morgan fingerprint density at radius 3 is 2.72 bits per heavy atom. The Balaban J connectivity index is 1.56. The maximum absolute atomic E-state index is 12.6. The summed E-state index contributed by atoms with van der Waals surface area (Å²) in [5, 5.41) is 10.9. The van der Waals surface area contributed by atoms with E-state index in [0.717, 1.165) is 12.8 Å². The van der Waals surface area contributed by atoms with Crippen molar-refractivity contribution >= 4 is 11.9 Å². The SMILES string of the molecule is COCCn1cc(CC2NC(=O)N(CC3CCCCCC3)C2=O)nn1. The minimum Gasteiger partial charge on any atom is -0.383 e. The van der Waals surface area contributed by atoms with Crippen molar-refractivity contribution in [3.63, 3.8) is 0 Å². The second-order valence-electron chi connectivity index (χ2n) is 6.98. The normalized spacial score (nSPS) is 22.3. The summed E-state index contributed by atoms with van der Waals surface area (Å²) in [5.74, 6) is 0.298. The lowest BCUT2D eigenvalue weighted by molar-refractivity contribution is -0.127. The number of imide groups is 1. The van der Waals surface area contributed by atoms with Crippen molar-refractivity contribution in [3.8, 4) is 0 Å². The largest absolute Gasteiger partial charge is 0.383 e. The van der Waals surface area contributed by atoms with Crippen molar-refractivity contribution in [2.75, 3.05) is 20.3 Å². The molecule has 1 saturated carbocycles. The summed E-state index contributed by atoms with van der Waals surface area (Å²) in [6.07, 6.45) is 9.30. The molecule has 3 rings (SSSR count). The zero-order chi connectivity index (χ0) is 17.6. The molecule has 1 aromatic rings. The van der Waals surface area contributed by atoms with Gasteiger partial charge in [-0.25, -0.2) is 9.48 Å². The van der Waals surface area contributed by atoms with Crippen LogP contribution in [0.4, 0.5) is 4.79 Å². The van der Waals surface area contributed by atoms with E-state index >= 15 is 0 Å². The van der Waals surface area contributed by atoms with E-state index in [9.17, 15) is 9.59 Å². The van der Waals surface area contributed by atoms with Crippen LogP contribution in [0.5, 0.6) is 0 Å². The fourth-order valence-corrected chi connectivity index (χ4v) is 3.63. The molecular weight excluding hydrogens is 322 g/mol. The van der Waals surface area contributed by atoms with E-state index in [1.807, 2.05) is 0 Å². The predicted octanol–water partition coefficient (Wildman–Crippen LogP) is 1.36. The summed E-state index contributed by atoms with van der Waals surface area (Å²) in [6, 6.07) is -0.808. The van der Waals surface area contributed by atoms with Crippen molar-refractivity contribution in [3.05, 3.63) is 11.9 Å². The first-order valence-electron chi connectivity index (χ1n) is 9.17. The third-order valence-electron chi connectivity index (χ3n) is 5.05. The highest BCUT2D eigenvalue weighted by Crippen LogP contribution is 2.25. The van der Waals surface area contributed by atoms with Gasteiger partial charge in [0.1, 0.15) is 6.04 Å². The molecule has 2 fully saturated rings. The summed E-state index contributed by atoms with van der Waals surface area (Å²) in [6.45, 7) is 1.71. The van der Waals surface area contributed by atoms with Gasteiger partial charge in [-0.2, -0.15) is 0 Å². The topological polar surface area (TPSA) is 89.4 Å². The van der Waals surface area contributed by atoms with Crippen LogP contribution in [0, 0.1) is 5.92 Å². The van der Waals surface area contributed by atoms with Crippen molar-refractivity contribution in [2.24, 2.45) is 5.92 Å². The molecule has 138 valence electrons. The van der Waals surface area contributed by atoms with Crippen molar-refractivity contribution in [2.45, 2.75) is 57.5 Å². The van der Waals surface area contributed by atoms with Crippen LogP contribution in [0.1, 0.15) is 44.2 Å². The van der Waals surface area contributed by atoms with Gasteiger partial charge in [0.05, 0.1) is 18.8 Å². The number of amides is 3. The van der Waals surface area contributed by atoms with E-state index < -0.39 is 6.04 Å². The maximum atomic E-state index is 12.6. The molecule has 1 aliphatic carbocycles.